The molecule has 0 aromatic heterocycles. The van der Waals surface area contributed by atoms with Crippen LogP contribution in [0.4, 0.5) is 10.1 Å². The quantitative estimate of drug-likeness (QED) is 0.758. The molecule has 0 heterocycles. The van der Waals surface area contributed by atoms with Crippen molar-refractivity contribution in [3.05, 3.63) is 48.3 Å². The van der Waals surface area contributed by atoms with E-state index in [2.05, 4.69) is 6.07 Å². The van der Waals surface area contributed by atoms with Crippen LogP contribution in [0.25, 0.3) is 11.1 Å². The van der Waals surface area contributed by atoms with Crippen LogP contribution in [0.5, 0.6) is 0 Å². The maximum absolute atomic E-state index is 14.0. The summed E-state index contributed by atoms with van der Waals surface area (Å²) in [6.07, 6.45) is 0. The molecule has 0 radical (unpaired) electrons. The van der Waals surface area contributed by atoms with Crippen molar-refractivity contribution in [2.45, 2.75) is 13.6 Å². The standard InChI is InChI=1S/C16H19BFN/c1-17(2)15-9-8-13(11-16(15)18)12-6-5-7-14(10-12)19(3)4/h5-11H,1-4H3. The average molecular weight is 255 g/mol. The molecule has 0 bridgehead atoms. The van der Waals surface area contributed by atoms with Crippen molar-refractivity contribution < 1.29 is 4.39 Å². The molecule has 0 aliphatic carbocycles. The van der Waals surface area contributed by atoms with Crippen molar-refractivity contribution in [3.63, 3.8) is 0 Å². The van der Waals surface area contributed by atoms with E-state index in [-0.39, 0.29) is 12.5 Å². The highest BCUT2D eigenvalue weighted by Gasteiger charge is 2.10. The Kier molecular flexibility index (Phi) is 3.94. The summed E-state index contributed by atoms with van der Waals surface area (Å²) in [4.78, 5) is 2.04. The van der Waals surface area contributed by atoms with E-state index in [0.717, 1.165) is 22.3 Å². The van der Waals surface area contributed by atoms with Gasteiger partial charge in [0.05, 0.1) is 0 Å². The van der Waals surface area contributed by atoms with E-state index in [1.807, 2.05) is 63.0 Å². The van der Waals surface area contributed by atoms with E-state index in [0.29, 0.717) is 0 Å². The number of hydrogen-bond donors (Lipinski definition) is 0. The highest BCUT2D eigenvalue weighted by atomic mass is 19.1. The van der Waals surface area contributed by atoms with E-state index in [1.54, 1.807) is 6.07 Å². The predicted octanol–water partition coefficient (Wildman–Crippen LogP) is 3.52. The van der Waals surface area contributed by atoms with Crippen LogP contribution in [-0.4, -0.2) is 20.8 Å². The summed E-state index contributed by atoms with van der Waals surface area (Å²) < 4.78 is 14.0. The Bertz CT molecular complexity index is 579. The molecule has 0 fully saturated rings. The van der Waals surface area contributed by atoms with Crippen molar-refractivity contribution in [1.29, 1.82) is 0 Å². The molecule has 98 valence electrons. The van der Waals surface area contributed by atoms with Crippen LogP contribution >= 0.6 is 0 Å². The van der Waals surface area contributed by atoms with Crippen LogP contribution in [0.2, 0.25) is 13.6 Å². The predicted molar refractivity (Wildman–Crippen MR) is 83.3 cm³/mol. The minimum atomic E-state index is -0.122. The van der Waals surface area contributed by atoms with Gasteiger partial charge < -0.3 is 4.90 Å². The van der Waals surface area contributed by atoms with Gasteiger partial charge in [-0.15, -0.1) is 0 Å². The van der Waals surface area contributed by atoms with Gasteiger partial charge in [-0.1, -0.05) is 37.9 Å². The fourth-order valence-corrected chi connectivity index (χ4v) is 2.14. The molecule has 19 heavy (non-hydrogen) atoms. The number of halogens is 1. The van der Waals surface area contributed by atoms with Gasteiger partial charge in [-0.3, -0.25) is 0 Å². The van der Waals surface area contributed by atoms with Crippen LogP contribution in [0.15, 0.2) is 42.5 Å². The molecule has 2 aromatic rings. The largest absolute Gasteiger partial charge is 0.378 e. The van der Waals surface area contributed by atoms with Crippen molar-refractivity contribution in [1.82, 2.24) is 0 Å². The lowest BCUT2D eigenvalue weighted by molar-refractivity contribution is 0.636. The van der Waals surface area contributed by atoms with Gasteiger partial charge in [0.25, 0.3) is 0 Å². The second kappa shape index (κ2) is 5.47. The number of rotatable bonds is 3. The molecule has 0 saturated carbocycles. The third-order valence-electron chi connectivity index (χ3n) is 3.32. The van der Waals surface area contributed by atoms with Crippen LogP contribution in [0.3, 0.4) is 0 Å². The van der Waals surface area contributed by atoms with Crippen molar-refractivity contribution in [2.75, 3.05) is 19.0 Å². The van der Waals surface area contributed by atoms with Crippen LogP contribution in [-0.2, 0) is 0 Å². The molecular weight excluding hydrogens is 236 g/mol. The third kappa shape index (κ3) is 2.98. The molecule has 0 aliphatic heterocycles. The van der Waals surface area contributed by atoms with E-state index < -0.39 is 0 Å². The summed E-state index contributed by atoms with van der Waals surface area (Å²) in [5, 5.41) is 0. The lowest BCUT2D eigenvalue weighted by Crippen LogP contribution is -2.25. The lowest BCUT2D eigenvalue weighted by atomic mass is 9.49. The smallest absolute Gasteiger partial charge is 0.173 e. The van der Waals surface area contributed by atoms with E-state index in [1.165, 1.54) is 0 Å². The van der Waals surface area contributed by atoms with Crippen molar-refractivity contribution in [3.8, 4) is 11.1 Å². The Morgan fingerprint density at radius 3 is 2.21 bits per heavy atom. The second-order valence-corrected chi connectivity index (χ2v) is 5.34. The summed E-state index contributed by atoms with van der Waals surface area (Å²) in [6.45, 7) is 4.22. The number of anilines is 1. The zero-order chi connectivity index (χ0) is 14.0. The normalized spacial score (nSPS) is 10.4. The summed E-state index contributed by atoms with van der Waals surface area (Å²) in [5.41, 5.74) is 3.85. The first-order chi connectivity index (χ1) is 8.99. The van der Waals surface area contributed by atoms with E-state index in [9.17, 15) is 4.39 Å². The van der Waals surface area contributed by atoms with Crippen LogP contribution in [0.1, 0.15) is 0 Å². The molecule has 0 amide bonds. The van der Waals surface area contributed by atoms with Gasteiger partial charge in [0.1, 0.15) is 5.82 Å². The fourth-order valence-electron chi connectivity index (χ4n) is 2.14. The Morgan fingerprint density at radius 2 is 1.63 bits per heavy atom. The third-order valence-corrected chi connectivity index (χ3v) is 3.32. The number of benzene rings is 2. The Hall–Kier alpha value is -1.77. The molecule has 1 nitrogen and oxygen atoms in total. The molecule has 3 heteroatoms. The summed E-state index contributed by atoms with van der Waals surface area (Å²) in [7, 11) is 4.00. The zero-order valence-electron chi connectivity index (χ0n) is 11.9. The summed E-state index contributed by atoms with van der Waals surface area (Å²) in [6, 6.07) is 13.6. The molecule has 0 spiro atoms. The summed E-state index contributed by atoms with van der Waals surface area (Å²) >= 11 is 0. The minimum absolute atomic E-state index is 0.122. The Balaban J connectivity index is 2.42. The maximum atomic E-state index is 14.0. The molecule has 0 saturated heterocycles. The van der Waals surface area contributed by atoms with Gasteiger partial charge in [0.15, 0.2) is 6.71 Å². The summed E-state index contributed by atoms with van der Waals surface area (Å²) in [5.74, 6) is -0.122. The van der Waals surface area contributed by atoms with Crippen molar-refractivity contribution in [2.24, 2.45) is 0 Å². The zero-order valence-corrected chi connectivity index (χ0v) is 11.9. The molecule has 0 aliphatic rings. The molecule has 2 rings (SSSR count). The van der Waals surface area contributed by atoms with Gasteiger partial charge in [0, 0.05) is 19.8 Å². The van der Waals surface area contributed by atoms with Gasteiger partial charge in [0.2, 0.25) is 0 Å². The monoisotopic (exact) mass is 255 g/mol. The fraction of sp³-hybridized carbons (Fsp3) is 0.250. The van der Waals surface area contributed by atoms with Gasteiger partial charge in [-0.2, -0.15) is 0 Å². The van der Waals surface area contributed by atoms with Crippen LogP contribution < -0.4 is 10.4 Å². The van der Waals surface area contributed by atoms with Gasteiger partial charge in [-0.25, -0.2) is 4.39 Å². The van der Waals surface area contributed by atoms with Crippen molar-refractivity contribution >= 4 is 17.9 Å². The lowest BCUT2D eigenvalue weighted by Gasteiger charge is -2.14. The highest BCUT2D eigenvalue weighted by molar-refractivity contribution is 6.70. The molecule has 0 N–H and O–H groups in total. The molecule has 0 atom stereocenters. The minimum Gasteiger partial charge on any atom is -0.378 e. The van der Waals surface area contributed by atoms with Gasteiger partial charge in [-0.05, 0) is 34.8 Å². The highest BCUT2D eigenvalue weighted by Crippen LogP contribution is 2.24. The van der Waals surface area contributed by atoms with E-state index in [4.69, 9.17) is 0 Å². The molecule has 0 unspecified atom stereocenters. The molecule has 2 aromatic carbocycles. The second-order valence-electron chi connectivity index (χ2n) is 5.34. The van der Waals surface area contributed by atoms with Gasteiger partial charge >= 0.3 is 0 Å². The maximum Gasteiger partial charge on any atom is 0.173 e. The van der Waals surface area contributed by atoms with E-state index >= 15 is 0 Å². The number of hydrogen-bond acceptors (Lipinski definition) is 1. The first-order valence-electron chi connectivity index (χ1n) is 6.56. The average Bonchev–Trinajstić information content (AvgIpc) is 2.38. The first kappa shape index (κ1) is 13.7. The topological polar surface area (TPSA) is 3.24 Å². The number of nitrogens with zero attached hydrogens (tertiary/aromatic N) is 1. The Labute approximate surface area is 115 Å². The first-order valence-corrected chi connectivity index (χ1v) is 6.56. The molecular formula is C16H19BFN. The van der Waals surface area contributed by atoms with Crippen LogP contribution in [0, 0.1) is 5.82 Å². The SMILES string of the molecule is CB(C)c1ccc(-c2cccc(N(C)C)c2)cc1F. The Morgan fingerprint density at radius 1 is 0.947 bits per heavy atom.